The Morgan fingerprint density at radius 1 is 0.727 bits per heavy atom. The predicted molar refractivity (Wildman–Crippen MR) is 94.8 cm³/mol. The van der Waals surface area contributed by atoms with Crippen LogP contribution in [-0.2, 0) is 0 Å². The summed E-state index contributed by atoms with van der Waals surface area (Å²) >= 11 is 0. The van der Waals surface area contributed by atoms with Gasteiger partial charge < -0.3 is 5.41 Å². The Bertz CT molecular complexity index is 611. The molecule has 0 spiro atoms. The van der Waals surface area contributed by atoms with E-state index in [9.17, 15) is 0 Å². The van der Waals surface area contributed by atoms with Gasteiger partial charge in [-0.05, 0) is 25.0 Å². The van der Waals surface area contributed by atoms with Gasteiger partial charge in [-0.2, -0.15) is 0 Å². The summed E-state index contributed by atoms with van der Waals surface area (Å²) in [6, 6.07) is 20.1. The summed E-state index contributed by atoms with van der Waals surface area (Å²) < 4.78 is 0. The fourth-order valence-corrected chi connectivity index (χ4v) is 2.02. The molecule has 0 saturated carbocycles. The molecule has 0 amide bonds. The second-order valence-electron chi connectivity index (χ2n) is 5.14. The van der Waals surface area contributed by atoms with Gasteiger partial charge in [-0.1, -0.05) is 60.7 Å². The minimum Gasteiger partial charge on any atom is -0.306 e. The van der Waals surface area contributed by atoms with Crippen molar-refractivity contribution in [3.05, 3.63) is 71.8 Å². The van der Waals surface area contributed by atoms with Gasteiger partial charge in [-0.25, -0.2) is 0 Å². The average Bonchev–Trinajstić information content (AvgIpc) is 2.59. The van der Waals surface area contributed by atoms with Gasteiger partial charge in [0.1, 0.15) is 0 Å². The van der Waals surface area contributed by atoms with Crippen molar-refractivity contribution in [3.8, 4) is 0 Å². The van der Waals surface area contributed by atoms with Gasteiger partial charge in [0, 0.05) is 11.4 Å². The Morgan fingerprint density at radius 2 is 1.09 bits per heavy atom. The average molecular weight is 291 g/mol. The maximum atomic E-state index is 7.99. The van der Waals surface area contributed by atoms with Crippen LogP contribution in [0.4, 0.5) is 0 Å². The van der Waals surface area contributed by atoms with Gasteiger partial charge in [-0.3, -0.25) is 9.98 Å². The molecule has 0 radical (unpaired) electrons. The lowest BCUT2D eigenvalue weighted by Gasteiger charge is -2.03. The highest BCUT2D eigenvalue weighted by Gasteiger charge is 2.00. The second-order valence-corrected chi connectivity index (χ2v) is 5.14. The smallest absolute Gasteiger partial charge is 0.0787 e. The molecule has 0 aromatic heterocycles. The number of benzene rings is 2. The Kier molecular flexibility index (Phi) is 5.78. The van der Waals surface area contributed by atoms with Crippen molar-refractivity contribution in [1.29, 1.82) is 5.41 Å². The third-order valence-corrected chi connectivity index (χ3v) is 3.40. The molecule has 3 nitrogen and oxygen atoms in total. The first kappa shape index (κ1) is 15.8. The third-order valence-electron chi connectivity index (χ3n) is 3.40. The number of nitrogens with one attached hydrogen (secondary N) is 1. The highest BCUT2D eigenvalue weighted by atomic mass is 14.8. The van der Waals surface area contributed by atoms with Crippen LogP contribution in [0.15, 0.2) is 70.6 Å². The highest BCUT2D eigenvalue weighted by molar-refractivity contribution is 6.02. The molecule has 1 N–H and O–H groups in total. The van der Waals surface area contributed by atoms with E-state index in [0.717, 1.165) is 22.6 Å². The Balaban J connectivity index is 1.91. The summed E-state index contributed by atoms with van der Waals surface area (Å²) in [7, 11) is 0. The lowest BCUT2D eigenvalue weighted by molar-refractivity contribution is 1.16. The zero-order chi connectivity index (χ0) is 15.8. The van der Waals surface area contributed by atoms with E-state index in [2.05, 4.69) is 9.98 Å². The van der Waals surface area contributed by atoms with Crippen LogP contribution in [0.3, 0.4) is 0 Å². The van der Waals surface area contributed by atoms with E-state index in [0.29, 0.717) is 18.8 Å². The first-order chi connectivity index (χ1) is 10.7. The number of nitrogens with zero attached hydrogens (tertiary/aromatic N) is 2. The van der Waals surface area contributed by atoms with Crippen molar-refractivity contribution in [2.75, 3.05) is 13.1 Å². The van der Waals surface area contributed by atoms with Gasteiger partial charge in [0.25, 0.3) is 0 Å². The minimum atomic E-state index is 0.395. The molecule has 0 saturated heterocycles. The first-order valence-electron chi connectivity index (χ1n) is 7.36. The summed E-state index contributed by atoms with van der Waals surface area (Å²) in [4.78, 5) is 8.94. The molecule has 3 heteroatoms. The first-order valence-corrected chi connectivity index (χ1v) is 7.36. The van der Waals surface area contributed by atoms with Gasteiger partial charge in [0.15, 0.2) is 0 Å². The fourth-order valence-electron chi connectivity index (χ4n) is 2.02. The van der Waals surface area contributed by atoms with E-state index in [4.69, 9.17) is 5.41 Å². The molecule has 112 valence electrons. The Hall–Kier alpha value is -2.55. The normalized spacial score (nSPS) is 12.3. The molecule has 0 aliphatic rings. The monoisotopic (exact) mass is 291 g/mol. The van der Waals surface area contributed by atoms with Gasteiger partial charge in [0.2, 0.25) is 0 Å². The lowest BCUT2D eigenvalue weighted by atomic mass is 10.1. The molecule has 22 heavy (non-hydrogen) atoms. The van der Waals surface area contributed by atoms with Crippen LogP contribution in [0.1, 0.15) is 25.0 Å². The largest absolute Gasteiger partial charge is 0.306 e. The number of hydrogen-bond acceptors (Lipinski definition) is 3. The highest BCUT2D eigenvalue weighted by Crippen LogP contribution is 2.02. The molecule has 0 heterocycles. The molecule has 0 bridgehead atoms. The topological polar surface area (TPSA) is 48.6 Å². The maximum absolute atomic E-state index is 7.99. The van der Waals surface area contributed by atoms with Crippen LogP contribution in [0, 0.1) is 5.41 Å². The molecule has 0 atom stereocenters. The van der Waals surface area contributed by atoms with Crippen LogP contribution in [0.25, 0.3) is 0 Å². The Labute approximate surface area is 132 Å². The number of aliphatic imine (C=N–C) groups is 2. The summed E-state index contributed by atoms with van der Waals surface area (Å²) in [6.45, 7) is 4.74. The van der Waals surface area contributed by atoms with Crippen molar-refractivity contribution in [3.63, 3.8) is 0 Å². The summed E-state index contributed by atoms with van der Waals surface area (Å²) in [5.41, 5.74) is 4.62. The van der Waals surface area contributed by atoms with Crippen LogP contribution in [0.5, 0.6) is 0 Å². The molecule has 0 fully saturated rings. The second kappa shape index (κ2) is 8.03. The standard InChI is InChI=1S/C19H21N3/c1-15(17-9-5-3-6-10-17)21-13-19(20)14-22-16(2)18-11-7-4-8-12-18/h3-12,20H,13-14H2,1-2H3. The summed E-state index contributed by atoms with van der Waals surface area (Å²) in [5, 5.41) is 7.99. The van der Waals surface area contributed by atoms with Crippen molar-refractivity contribution in [1.82, 2.24) is 0 Å². The predicted octanol–water partition coefficient (Wildman–Crippen LogP) is 4.02. The SMILES string of the molecule is CC(=NCC(=N)CN=C(C)c1ccccc1)c1ccccc1. The summed E-state index contributed by atoms with van der Waals surface area (Å²) in [5.74, 6) is 0. The summed E-state index contributed by atoms with van der Waals surface area (Å²) in [6.07, 6.45) is 0. The van der Waals surface area contributed by atoms with Crippen molar-refractivity contribution < 1.29 is 0 Å². The van der Waals surface area contributed by atoms with Crippen molar-refractivity contribution in [2.45, 2.75) is 13.8 Å². The quantitative estimate of drug-likeness (QED) is 0.781. The number of hydrogen-bond donors (Lipinski definition) is 1. The molecule has 0 aliphatic carbocycles. The minimum absolute atomic E-state index is 0.395. The van der Waals surface area contributed by atoms with E-state index in [1.165, 1.54) is 0 Å². The van der Waals surface area contributed by atoms with Gasteiger partial charge in [0.05, 0.1) is 18.8 Å². The van der Waals surface area contributed by atoms with Crippen LogP contribution >= 0.6 is 0 Å². The molecule has 2 aromatic carbocycles. The molecular weight excluding hydrogens is 270 g/mol. The molecule has 0 unspecified atom stereocenters. The van der Waals surface area contributed by atoms with E-state index >= 15 is 0 Å². The number of rotatable bonds is 6. The van der Waals surface area contributed by atoms with E-state index in [-0.39, 0.29) is 0 Å². The molecule has 2 aromatic rings. The van der Waals surface area contributed by atoms with E-state index < -0.39 is 0 Å². The van der Waals surface area contributed by atoms with Crippen LogP contribution in [-0.4, -0.2) is 30.2 Å². The van der Waals surface area contributed by atoms with Crippen molar-refractivity contribution >= 4 is 17.1 Å². The lowest BCUT2D eigenvalue weighted by Crippen LogP contribution is -2.10. The third kappa shape index (κ3) is 4.77. The van der Waals surface area contributed by atoms with Crippen molar-refractivity contribution in [2.24, 2.45) is 9.98 Å². The fraction of sp³-hybridized carbons (Fsp3) is 0.211. The zero-order valence-corrected chi connectivity index (χ0v) is 13.1. The maximum Gasteiger partial charge on any atom is 0.0787 e. The van der Waals surface area contributed by atoms with Gasteiger partial charge in [-0.15, -0.1) is 0 Å². The van der Waals surface area contributed by atoms with Crippen LogP contribution < -0.4 is 0 Å². The molecule has 2 rings (SSSR count). The zero-order valence-electron chi connectivity index (χ0n) is 13.1. The van der Waals surface area contributed by atoms with E-state index in [1.54, 1.807) is 0 Å². The van der Waals surface area contributed by atoms with E-state index in [1.807, 2.05) is 74.5 Å². The van der Waals surface area contributed by atoms with Crippen LogP contribution in [0.2, 0.25) is 0 Å². The molecular formula is C19H21N3. The molecule has 0 aliphatic heterocycles. The Morgan fingerprint density at radius 3 is 1.45 bits per heavy atom. The van der Waals surface area contributed by atoms with Gasteiger partial charge >= 0.3 is 0 Å².